The molecule has 2 fully saturated rings. The Hall–Kier alpha value is -1.06. The molecule has 2 saturated heterocycles. The zero-order valence-electron chi connectivity index (χ0n) is 18.9. The SMILES string of the molecule is CC.CC.CC(=O)N1CCC[C@@H](C)CC1.CC(=O)N1CCC[C@H](C)CC1. The monoisotopic (exact) mass is 370 g/mol. The number of likely N-dealkylation sites (tertiary alicyclic amines) is 2. The molecule has 0 unspecified atom stereocenters. The lowest BCUT2D eigenvalue weighted by molar-refractivity contribution is -0.129. The average molecular weight is 371 g/mol. The van der Waals surface area contributed by atoms with Crippen molar-refractivity contribution < 1.29 is 9.59 Å². The molecule has 2 aliphatic rings. The summed E-state index contributed by atoms with van der Waals surface area (Å²) < 4.78 is 0. The van der Waals surface area contributed by atoms with Gasteiger partial charge in [-0.1, -0.05) is 41.5 Å². The molecule has 0 radical (unpaired) electrons. The van der Waals surface area contributed by atoms with Gasteiger partial charge in [-0.2, -0.15) is 0 Å². The normalized spacial score (nSPS) is 22.8. The maximum Gasteiger partial charge on any atom is 0.219 e. The zero-order valence-corrected chi connectivity index (χ0v) is 18.9. The number of hydrogen-bond acceptors (Lipinski definition) is 2. The highest BCUT2D eigenvalue weighted by Gasteiger charge is 2.15. The second-order valence-corrected chi connectivity index (χ2v) is 7.08. The third-order valence-corrected chi connectivity index (χ3v) is 4.92. The molecule has 0 aliphatic carbocycles. The molecule has 0 aromatic rings. The van der Waals surface area contributed by atoms with Crippen LogP contribution in [0.5, 0.6) is 0 Å². The largest absolute Gasteiger partial charge is 0.343 e. The second-order valence-electron chi connectivity index (χ2n) is 7.08. The average Bonchev–Trinajstić information content (AvgIpc) is 2.99. The van der Waals surface area contributed by atoms with Crippen molar-refractivity contribution in [3.05, 3.63) is 0 Å². The molecule has 0 N–H and O–H groups in total. The van der Waals surface area contributed by atoms with E-state index in [1.54, 1.807) is 13.8 Å². The van der Waals surface area contributed by atoms with Gasteiger partial charge in [0.25, 0.3) is 0 Å². The molecule has 0 saturated carbocycles. The number of carbonyl (C=O) groups excluding carboxylic acids is 2. The van der Waals surface area contributed by atoms with Crippen molar-refractivity contribution in [1.82, 2.24) is 9.80 Å². The van der Waals surface area contributed by atoms with Crippen LogP contribution < -0.4 is 0 Å². The molecular formula is C22H46N2O2. The Kier molecular flexibility index (Phi) is 18.1. The van der Waals surface area contributed by atoms with E-state index in [4.69, 9.17) is 0 Å². The van der Waals surface area contributed by atoms with Crippen molar-refractivity contribution in [1.29, 1.82) is 0 Å². The predicted molar refractivity (Wildman–Crippen MR) is 113 cm³/mol. The lowest BCUT2D eigenvalue weighted by Crippen LogP contribution is -2.29. The topological polar surface area (TPSA) is 40.6 Å². The van der Waals surface area contributed by atoms with E-state index < -0.39 is 0 Å². The van der Waals surface area contributed by atoms with Crippen LogP contribution in [0.3, 0.4) is 0 Å². The van der Waals surface area contributed by atoms with E-state index in [0.717, 1.165) is 38.0 Å². The summed E-state index contributed by atoms with van der Waals surface area (Å²) in [5.41, 5.74) is 0. The van der Waals surface area contributed by atoms with Crippen LogP contribution >= 0.6 is 0 Å². The van der Waals surface area contributed by atoms with Gasteiger partial charge in [-0.25, -0.2) is 0 Å². The lowest BCUT2D eigenvalue weighted by Gasteiger charge is -2.17. The van der Waals surface area contributed by atoms with E-state index in [-0.39, 0.29) is 11.8 Å². The second kappa shape index (κ2) is 17.4. The summed E-state index contributed by atoms with van der Waals surface area (Å²) in [5.74, 6) is 2.08. The maximum atomic E-state index is 11.0. The molecule has 156 valence electrons. The van der Waals surface area contributed by atoms with Gasteiger partial charge in [0.05, 0.1) is 0 Å². The number of hydrogen-bond donors (Lipinski definition) is 0. The number of rotatable bonds is 0. The maximum absolute atomic E-state index is 11.0. The highest BCUT2D eigenvalue weighted by Crippen LogP contribution is 2.16. The van der Waals surface area contributed by atoms with Gasteiger partial charge in [0.2, 0.25) is 11.8 Å². The standard InChI is InChI=1S/2C9H17NO.2C2H6/c2*1-8-4-3-6-10(7-5-8)9(2)11;2*1-2/h2*8H,3-7H2,1-2H3;2*1-2H3/t2*8-;;/m10../s1. The molecule has 2 aliphatic heterocycles. The Bertz CT molecular complexity index is 324. The molecule has 0 aromatic carbocycles. The number of amides is 2. The summed E-state index contributed by atoms with van der Waals surface area (Å²) in [5, 5.41) is 0. The first-order chi connectivity index (χ1) is 12.4. The highest BCUT2D eigenvalue weighted by atomic mass is 16.2. The van der Waals surface area contributed by atoms with Crippen molar-refractivity contribution >= 4 is 11.8 Å². The van der Waals surface area contributed by atoms with E-state index in [0.29, 0.717) is 0 Å². The molecule has 26 heavy (non-hydrogen) atoms. The van der Waals surface area contributed by atoms with E-state index in [1.807, 2.05) is 37.5 Å². The molecule has 2 atom stereocenters. The molecule has 4 nitrogen and oxygen atoms in total. The molecule has 0 spiro atoms. The number of carbonyl (C=O) groups is 2. The van der Waals surface area contributed by atoms with Crippen molar-refractivity contribution in [2.75, 3.05) is 26.2 Å². The van der Waals surface area contributed by atoms with Crippen LogP contribution in [-0.2, 0) is 9.59 Å². The number of nitrogens with zero attached hydrogens (tertiary/aromatic N) is 2. The third-order valence-electron chi connectivity index (χ3n) is 4.92. The van der Waals surface area contributed by atoms with Gasteiger partial charge in [-0.15, -0.1) is 0 Å². The van der Waals surface area contributed by atoms with Crippen LogP contribution in [0.1, 0.15) is 93.9 Å². The molecule has 2 amide bonds. The first-order valence-electron chi connectivity index (χ1n) is 10.9. The van der Waals surface area contributed by atoms with Gasteiger partial charge in [-0.05, 0) is 50.4 Å². The first-order valence-corrected chi connectivity index (χ1v) is 10.9. The van der Waals surface area contributed by atoms with Crippen molar-refractivity contribution in [2.45, 2.75) is 93.9 Å². The smallest absolute Gasteiger partial charge is 0.219 e. The fourth-order valence-electron chi connectivity index (χ4n) is 3.16. The summed E-state index contributed by atoms with van der Waals surface area (Å²) >= 11 is 0. The summed E-state index contributed by atoms with van der Waals surface area (Å²) in [6.45, 7) is 19.7. The van der Waals surface area contributed by atoms with E-state index in [9.17, 15) is 9.59 Å². The first kappa shape index (κ1) is 27.2. The summed E-state index contributed by atoms with van der Waals surface area (Å²) in [4.78, 5) is 25.9. The molecule has 0 aromatic heterocycles. The van der Waals surface area contributed by atoms with Gasteiger partial charge in [0.1, 0.15) is 0 Å². The Balaban J connectivity index is 0. The minimum Gasteiger partial charge on any atom is -0.343 e. The van der Waals surface area contributed by atoms with Crippen molar-refractivity contribution in [2.24, 2.45) is 11.8 Å². The quantitative estimate of drug-likeness (QED) is 0.576. The van der Waals surface area contributed by atoms with Crippen LogP contribution in [0.2, 0.25) is 0 Å². The molecule has 0 bridgehead atoms. The highest BCUT2D eigenvalue weighted by molar-refractivity contribution is 5.73. The zero-order chi connectivity index (χ0) is 20.5. The Morgan fingerprint density at radius 2 is 0.923 bits per heavy atom. The van der Waals surface area contributed by atoms with Crippen LogP contribution in [0.25, 0.3) is 0 Å². The van der Waals surface area contributed by atoms with Gasteiger partial charge >= 0.3 is 0 Å². The van der Waals surface area contributed by atoms with Crippen molar-refractivity contribution in [3.8, 4) is 0 Å². The van der Waals surface area contributed by atoms with E-state index in [1.165, 1.54) is 38.5 Å². The van der Waals surface area contributed by atoms with Crippen LogP contribution in [0.4, 0.5) is 0 Å². The van der Waals surface area contributed by atoms with Gasteiger partial charge < -0.3 is 9.80 Å². The predicted octanol–water partition coefficient (Wildman–Crippen LogP) is 5.36. The minimum absolute atomic E-state index is 0.235. The summed E-state index contributed by atoms with van der Waals surface area (Å²) in [6, 6.07) is 0. The fraction of sp³-hybridized carbons (Fsp3) is 0.909. The Morgan fingerprint density at radius 1 is 0.615 bits per heavy atom. The van der Waals surface area contributed by atoms with E-state index >= 15 is 0 Å². The van der Waals surface area contributed by atoms with E-state index in [2.05, 4.69) is 13.8 Å². The van der Waals surface area contributed by atoms with Gasteiger partial charge in [0, 0.05) is 40.0 Å². The molecule has 4 heteroatoms. The van der Waals surface area contributed by atoms with Gasteiger partial charge in [0.15, 0.2) is 0 Å². The molecular weight excluding hydrogens is 324 g/mol. The van der Waals surface area contributed by atoms with Crippen LogP contribution in [0.15, 0.2) is 0 Å². The third kappa shape index (κ3) is 13.2. The van der Waals surface area contributed by atoms with Gasteiger partial charge in [-0.3, -0.25) is 9.59 Å². The summed E-state index contributed by atoms with van der Waals surface area (Å²) in [7, 11) is 0. The Morgan fingerprint density at radius 3 is 1.19 bits per heavy atom. The molecule has 2 rings (SSSR count). The summed E-state index contributed by atoms with van der Waals surface area (Å²) in [6.07, 6.45) is 7.29. The molecule has 2 heterocycles. The van der Waals surface area contributed by atoms with Crippen LogP contribution in [0, 0.1) is 11.8 Å². The lowest BCUT2D eigenvalue weighted by atomic mass is 10.0. The Labute approximate surface area is 163 Å². The fourth-order valence-corrected chi connectivity index (χ4v) is 3.16. The van der Waals surface area contributed by atoms with Crippen LogP contribution in [-0.4, -0.2) is 47.8 Å². The minimum atomic E-state index is 0.235. The van der Waals surface area contributed by atoms with Crippen molar-refractivity contribution in [3.63, 3.8) is 0 Å².